The molecule has 0 amide bonds. The normalized spacial score (nSPS) is 16.2. The van der Waals surface area contributed by atoms with Crippen molar-refractivity contribution in [2.24, 2.45) is 0 Å². The minimum atomic E-state index is 0.0644. The van der Waals surface area contributed by atoms with Gasteiger partial charge in [0.05, 0.1) is 15.1 Å². The second-order valence-electron chi connectivity index (χ2n) is 6.17. The van der Waals surface area contributed by atoms with E-state index in [4.69, 9.17) is 4.74 Å². The van der Waals surface area contributed by atoms with Crippen LogP contribution in [0.4, 0.5) is 0 Å². The summed E-state index contributed by atoms with van der Waals surface area (Å²) in [6.07, 6.45) is 4.50. The molecule has 1 aliphatic rings. The first kappa shape index (κ1) is 17.4. The van der Waals surface area contributed by atoms with Crippen molar-refractivity contribution in [3.8, 4) is 23.0 Å². The Kier molecular flexibility index (Phi) is 4.91. The van der Waals surface area contributed by atoms with Crippen molar-refractivity contribution >= 4 is 31.9 Å². The van der Waals surface area contributed by atoms with Gasteiger partial charge in [-0.15, -0.1) is 5.10 Å². The lowest BCUT2D eigenvalue weighted by molar-refractivity contribution is 0.167. The van der Waals surface area contributed by atoms with Crippen molar-refractivity contribution in [1.82, 2.24) is 15.2 Å². The van der Waals surface area contributed by atoms with Crippen LogP contribution in [0.2, 0.25) is 0 Å². The van der Waals surface area contributed by atoms with Crippen molar-refractivity contribution in [3.63, 3.8) is 0 Å². The van der Waals surface area contributed by atoms with E-state index in [9.17, 15) is 5.11 Å². The Bertz CT molecular complexity index is 925. The Morgan fingerprint density at radius 1 is 1.04 bits per heavy atom. The van der Waals surface area contributed by atoms with Crippen molar-refractivity contribution in [2.75, 3.05) is 0 Å². The molecule has 1 atom stereocenters. The third kappa shape index (κ3) is 3.59. The fourth-order valence-electron chi connectivity index (χ4n) is 3.08. The lowest BCUT2D eigenvalue weighted by Gasteiger charge is -2.24. The summed E-state index contributed by atoms with van der Waals surface area (Å²) >= 11 is 6.63. The number of ether oxygens (including phenoxy) is 1. The van der Waals surface area contributed by atoms with Gasteiger partial charge in [-0.25, -0.2) is 4.98 Å². The zero-order valence-electron chi connectivity index (χ0n) is 13.7. The lowest BCUT2D eigenvalue weighted by atomic mass is 9.90. The molecule has 2 aromatic carbocycles. The molecule has 0 spiro atoms. The molecule has 0 fully saturated rings. The fraction of sp³-hybridized carbons (Fsp3) is 0.211. The average molecular weight is 477 g/mol. The first-order valence-corrected chi connectivity index (χ1v) is 9.80. The van der Waals surface area contributed by atoms with Gasteiger partial charge in [-0.2, -0.15) is 0 Å². The van der Waals surface area contributed by atoms with E-state index in [0.29, 0.717) is 14.6 Å². The third-order valence-corrected chi connectivity index (χ3v) is 5.64. The van der Waals surface area contributed by atoms with Gasteiger partial charge in [0.2, 0.25) is 0 Å². The minimum absolute atomic E-state index is 0.0644. The van der Waals surface area contributed by atoms with Gasteiger partial charge >= 0.3 is 6.01 Å². The van der Waals surface area contributed by atoms with E-state index in [1.807, 2.05) is 0 Å². The second kappa shape index (κ2) is 7.32. The van der Waals surface area contributed by atoms with Crippen LogP contribution in [-0.2, 0) is 12.8 Å². The molecule has 0 radical (unpaired) electrons. The molecule has 1 heterocycles. The molecule has 7 heteroatoms. The van der Waals surface area contributed by atoms with Crippen LogP contribution in [0.5, 0.6) is 11.8 Å². The largest absolute Gasteiger partial charge is 0.506 e. The Hall–Kier alpha value is -1.99. The Morgan fingerprint density at radius 3 is 2.46 bits per heavy atom. The predicted molar refractivity (Wildman–Crippen MR) is 105 cm³/mol. The number of nitrogens with zero attached hydrogens (tertiary/aromatic N) is 3. The number of phenols is 1. The summed E-state index contributed by atoms with van der Waals surface area (Å²) in [5, 5.41) is 18.1. The molecule has 0 saturated carbocycles. The molecule has 4 rings (SSSR count). The highest BCUT2D eigenvalue weighted by Crippen LogP contribution is 2.36. The zero-order chi connectivity index (χ0) is 18.1. The van der Waals surface area contributed by atoms with E-state index in [2.05, 4.69) is 71.3 Å². The van der Waals surface area contributed by atoms with E-state index in [1.54, 1.807) is 18.3 Å². The van der Waals surface area contributed by atoms with E-state index in [1.165, 1.54) is 11.1 Å². The molecule has 132 valence electrons. The predicted octanol–water partition coefficient (Wildman–Crippen LogP) is 4.71. The summed E-state index contributed by atoms with van der Waals surface area (Å²) in [7, 11) is 0. The Morgan fingerprint density at radius 2 is 1.77 bits per heavy atom. The highest BCUT2D eigenvalue weighted by molar-refractivity contribution is 9.11. The number of fused-ring (bicyclic) bond motifs is 1. The van der Waals surface area contributed by atoms with Gasteiger partial charge in [0.25, 0.3) is 0 Å². The maximum absolute atomic E-state index is 9.81. The molecule has 0 saturated heterocycles. The molecule has 1 unspecified atom stereocenters. The summed E-state index contributed by atoms with van der Waals surface area (Å²) < 4.78 is 7.07. The molecule has 0 bridgehead atoms. The summed E-state index contributed by atoms with van der Waals surface area (Å²) in [6, 6.07) is 12.3. The van der Waals surface area contributed by atoms with E-state index < -0.39 is 0 Å². The van der Waals surface area contributed by atoms with Gasteiger partial charge in [0.1, 0.15) is 17.5 Å². The zero-order valence-corrected chi connectivity index (χ0v) is 16.9. The van der Waals surface area contributed by atoms with Gasteiger partial charge in [-0.3, -0.25) is 0 Å². The van der Waals surface area contributed by atoms with Gasteiger partial charge in [-0.1, -0.05) is 29.4 Å². The van der Waals surface area contributed by atoms with Crippen molar-refractivity contribution in [1.29, 1.82) is 0 Å². The maximum Gasteiger partial charge on any atom is 0.335 e. The smallest absolute Gasteiger partial charge is 0.335 e. The number of hydrogen-bond acceptors (Lipinski definition) is 5. The monoisotopic (exact) mass is 475 g/mol. The van der Waals surface area contributed by atoms with Crippen LogP contribution in [0.25, 0.3) is 11.3 Å². The summed E-state index contributed by atoms with van der Waals surface area (Å²) in [5.41, 5.74) is 4.12. The van der Waals surface area contributed by atoms with Crippen LogP contribution in [0.1, 0.15) is 17.5 Å². The number of halogens is 2. The number of rotatable bonds is 3. The SMILES string of the molecule is Oc1c(Br)cc(-c2cnc(OC3CCc4ccccc4C3)nn2)cc1Br. The average Bonchev–Trinajstić information content (AvgIpc) is 2.66. The summed E-state index contributed by atoms with van der Waals surface area (Å²) in [4.78, 5) is 4.30. The van der Waals surface area contributed by atoms with Crippen LogP contribution in [0.15, 0.2) is 51.5 Å². The molecule has 1 aliphatic carbocycles. The Balaban J connectivity index is 1.49. The molecule has 3 aromatic rings. The van der Waals surface area contributed by atoms with E-state index in [-0.39, 0.29) is 17.9 Å². The number of hydrogen-bond donors (Lipinski definition) is 1. The fourth-order valence-corrected chi connectivity index (χ4v) is 4.26. The topological polar surface area (TPSA) is 68.1 Å². The highest BCUT2D eigenvalue weighted by atomic mass is 79.9. The minimum Gasteiger partial charge on any atom is -0.506 e. The van der Waals surface area contributed by atoms with Crippen LogP contribution in [-0.4, -0.2) is 26.4 Å². The summed E-state index contributed by atoms with van der Waals surface area (Å²) in [6.45, 7) is 0. The van der Waals surface area contributed by atoms with Crippen LogP contribution >= 0.6 is 31.9 Å². The molecular weight excluding hydrogens is 462 g/mol. The van der Waals surface area contributed by atoms with E-state index >= 15 is 0 Å². The third-order valence-electron chi connectivity index (χ3n) is 4.43. The lowest BCUT2D eigenvalue weighted by Crippen LogP contribution is -2.26. The first-order chi connectivity index (χ1) is 12.6. The van der Waals surface area contributed by atoms with Crippen LogP contribution in [0.3, 0.4) is 0 Å². The molecule has 1 aromatic heterocycles. The number of benzene rings is 2. The summed E-state index contributed by atoms with van der Waals surface area (Å²) in [5.74, 6) is 0.146. The first-order valence-electron chi connectivity index (χ1n) is 8.21. The van der Waals surface area contributed by atoms with Gasteiger partial charge in [0, 0.05) is 12.0 Å². The van der Waals surface area contributed by atoms with Crippen LogP contribution in [0, 0.1) is 0 Å². The number of aromatic nitrogens is 3. The number of aryl methyl sites for hydroxylation is 1. The molecule has 1 N–H and O–H groups in total. The molecular formula is C19H15Br2N3O2. The molecule has 0 aliphatic heterocycles. The number of phenolic OH excluding ortho intramolecular Hbond substituents is 1. The van der Waals surface area contributed by atoms with Crippen molar-refractivity contribution in [2.45, 2.75) is 25.4 Å². The van der Waals surface area contributed by atoms with Crippen molar-refractivity contribution < 1.29 is 9.84 Å². The maximum atomic E-state index is 9.81. The number of aromatic hydroxyl groups is 1. The van der Waals surface area contributed by atoms with Gasteiger partial charge in [-0.05, 0) is 68.0 Å². The molecule has 26 heavy (non-hydrogen) atoms. The van der Waals surface area contributed by atoms with Gasteiger partial charge < -0.3 is 9.84 Å². The van der Waals surface area contributed by atoms with Crippen LogP contribution < -0.4 is 4.74 Å². The van der Waals surface area contributed by atoms with Crippen molar-refractivity contribution in [3.05, 3.63) is 62.7 Å². The second-order valence-corrected chi connectivity index (χ2v) is 7.87. The molecule has 5 nitrogen and oxygen atoms in total. The van der Waals surface area contributed by atoms with Gasteiger partial charge in [0.15, 0.2) is 0 Å². The highest BCUT2D eigenvalue weighted by Gasteiger charge is 2.20. The quantitative estimate of drug-likeness (QED) is 0.593. The standard InChI is InChI=1S/C19H15Br2N3O2/c20-15-8-13(9-16(21)18(15)25)17-10-22-19(24-23-17)26-14-6-5-11-3-1-2-4-12(11)7-14/h1-4,8-10,14,25H,5-7H2. The van der Waals surface area contributed by atoms with E-state index in [0.717, 1.165) is 24.8 Å². The Labute approximate surface area is 167 Å².